The molecule has 0 saturated heterocycles. The van der Waals surface area contributed by atoms with Crippen LogP contribution >= 0.6 is 11.3 Å². The molecule has 0 radical (unpaired) electrons. The van der Waals surface area contributed by atoms with Crippen molar-refractivity contribution in [2.75, 3.05) is 22.1 Å². The summed E-state index contributed by atoms with van der Waals surface area (Å²) in [6, 6.07) is 12.3. The lowest BCUT2D eigenvalue weighted by atomic mass is 10.1. The van der Waals surface area contributed by atoms with Crippen LogP contribution in [-0.2, 0) is 14.4 Å². The summed E-state index contributed by atoms with van der Waals surface area (Å²) in [5, 5.41) is 8.35. The van der Waals surface area contributed by atoms with Crippen LogP contribution in [0.2, 0.25) is 0 Å². The number of nitrogens with one attached hydrogen (secondary N) is 2. The van der Waals surface area contributed by atoms with Gasteiger partial charge in [0.05, 0.1) is 16.4 Å². The maximum absolute atomic E-state index is 12.8. The Balaban J connectivity index is 1.54. The number of amides is 3. The Morgan fingerprint density at radius 2 is 1.81 bits per heavy atom. The van der Waals surface area contributed by atoms with Gasteiger partial charge in [0.2, 0.25) is 11.8 Å². The Hall–Kier alpha value is -3.72. The van der Waals surface area contributed by atoms with Crippen LogP contribution in [0.15, 0.2) is 47.8 Å². The minimum Gasteiger partial charge on any atom is -0.479 e. The molecule has 1 unspecified atom stereocenters. The summed E-state index contributed by atoms with van der Waals surface area (Å²) < 4.78 is 5.74. The van der Waals surface area contributed by atoms with Crippen LogP contribution < -0.4 is 20.3 Å². The highest BCUT2D eigenvalue weighted by Crippen LogP contribution is 2.37. The molecule has 2 aromatic carbocycles. The van der Waals surface area contributed by atoms with Crippen molar-refractivity contribution < 1.29 is 19.1 Å². The predicted molar refractivity (Wildman–Crippen MR) is 124 cm³/mol. The SMILES string of the molecule is CC(=O)Nc1ccc(NC(=O)CN2C(=O)C(C)Oc3ccc(-c4csc(C)n4)cc32)cc1. The van der Waals surface area contributed by atoms with E-state index in [0.29, 0.717) is 22.8 Å². The van der Waals surface area contributed by atoms with Gasteiger partial charge in [-0.1, -0.05) is 0 Å². The lowest BCUT2D eigenvalue weighted by Crippen LogP contribution is -2.47. The van der Waals surface area contributed by atoms with E-state index in [2.05, 4.69) is 15.6 Å². The van der Waals surface area contributed by atoms with E-state index < -0.39 is 6.10 Å². The van der Waals surface area contributed by atoms with Crippen molar-refractivity contribution >= 4 is 46.1 Å². The average Bonchev–Trinajstić information content (AvgIpc) is 3.18. The molecule has 0 fully saturated rings. The van der Waals surface area contributed by atoms with E-state index in [1.54, 1.807) is 48.6 Å². The van der Waals surface area contributed by atoms with Gasteiger partial charge in [-0.25, -0.2) is 4.98 Å². The number of carbonyl (C=O) groups is 3. The monoisotopic (exact) mass is 450 g/mol. The third-order valence-corrected chi connectivity index (χ3v) is 5.65. The topological polar surface area (TPSA) is 101 Å². The number of nitrogens with zero attached hydrogens (tertiary/aromatic N) is 2. The standard InChI is InChI=1S/C23H22N4O4S/c1-13-23(30)27(11-22(29)26-18-7-5-17(6-8-18)24-14(2)28)20-10-16(4-9-21(20)31-13)19-12-32-15(3)25-19/h4-10,12-13H,11H2,1-3H3,(H,24,28)(H,26,29). The van der Waals surface area contributed by atoms with Crippen LogP contribution in [0, 0.1) is 6.92 Å². The summed E-state index contributed by atoms with van der Waals surface area (Å²) in [4.78, 5) is 42.7. The largest absolute Gasteiger partial charge is 0.479 e. The van der Waals surface area contributed by atoms with Crippen molar-refractivity contribution in [3.8, 4) is 17.0 Å². The molecule has 2 N–H and O–H groups in total. The number of thiazole rings is 1. The van der Waals surface area contributed by atoms with Crippen LogP contribution in [-0.4, -0.2) is 35.4 Å². The van der Waals surface area contributed by atoms with Crippen LogP contribution in [0.3, 0.4) is 0 Å². The van der Waals surface area contributed by atoms with E-state index >= 15 is 0 Å². The number of benzene rings is 2. The predicted octanol–water partition coefficient (Wildman–Crippen LogP) is 3.83. The van der Waals surface area contributed by atoms with Gasteiger partial charge in [0.25, 0.3) is 5.91 Å². The molecule has 2 heterocycles. The molecule has 3 amide bonds. The Bertz CT molecular complexity index is 1190. The van der Waals surface area contributed by atoms with Crippen molar-refractivity contribution in [3.63, 3.8) is 0 Å². The van der Waals surface area contributed by atoms with Crippen molar-refractivity contribution in [2.45, 2.75) is 26.9 Å². The minimum absolute atomic E-state index is 0.160. The first-order valence-electron chi connectivity index (χ1n) is 10.0. The molecule has 1 aliphatic rings. The Morgan fingerprint density at radius 1 is 1.12 bits per heavy atom. The number of fused-ring (bicyclic) bond motifs is 1. The number of hydrogen-bond acceptors (Lipinski definition) is 6. The molecular weight excluding hydrogens is 428 g/mol. The Kier molecular flexibility index (Phi) is 5.91. The van der Waals surface area contributed by atoms with Gasteiger partial charge >= 0.3 is 0 Å². The van der Waals surface area contributed by atoms with Gasteiger partial charge < -0.3 is 15.4 Å². The molecule has 32 heavy (non-hydrogen) atoms. The van der Waals surface area contributed by atoms with Gasteiger partial charge in [-0.15, -0.1) is 11.3 Å². The van der Waals surface area contributed by atoms with Crippen LogP contribution in [0.4, 0.5) is 17.1 Å². The highest BCUT2D eigenvalue weighted by Gasteiger charge is 2.33. The van der Waals surface area contributed by atoms with Crippen LogP contribution in [0.25, 0.3) is 11.3 Å². The van der Waals surface area contributed by atoms with E-state index in [-0.39, 0.29) is 24.3 Å². The fraction of sp³-hybridized carbons (Fsp3) is 0.217. The van der Waals surface area contributed by atoms with Gasteiger partial charge in [-0.2, -0.15) is 0 Å². The fourth-order valence-corrected chi connectivity index (χ4v) is 4.03. The number of anilines is 3. The minimum atomic E-state index is -0.695. The highest BCUT2D eigenvalue weighted by molar-refractivity contribution is 7.09. The summed E-state index contributed by atoms with van der Waals surface area (Å²) in [7, 11) is 0. The summed E-state index contributed by atoms with van der Waals surface area (Å²) in [5.41, 5.74) is 3.38. The normalized spacial score (nSPS) is 15.0. The molecule has 9 heteroatoms. The maximum atomic E-state index is 12.8. The molecule has 164 valence electrons. The molecule has 0 aliphatic carbocycles. The lowest BCUT2D eigenvalue weighted by molar-refractivity contribution is -0.127. The lowest BCUT2D eigenvalue weighted by Gasteiger charge is -2.32. The van der Waals surface area contributed by atoms with Crippen LogP contribution in [0.5, 0.6) is 5.75 Å². The van der Waals surface area contributed by atoms with E-state index in [0.717, 1.165) is 16.3 Å². The van der Waals surface area contributed by atoms with Gasteiger partial charge in [-0.3, -0.25) is 19.3 Å². The van der Waals surface area contributed by atoms with Gasteiger partial charge in [0.1, 0.15) is 12.3 Å². The molecule has 0 bridgehead atoms. The summed E-state index contributed by atoms with van der Waals surface area (Å²) >= 11 is 1.54. The second kappa shape index (κ2) is 8.80. The number of carbonyl (C=O) groups excluding carboxylic acids is 3. The number of hydrogen-bond donors (Lipinski definition) is 2. The second-order valence-corrected chi connectivity index (χ2v) is 8.49. The number of rotatable bonds is 5. The third kappa shape index (κ3) is 4.62. The summed E-state index contributed by atoms with van der Waals surface area (Å²) in [6.45, 7) is 4.86. The van der Waals surface area contributed by atoms with Crippen molar-refractivity contribution in [3.05, 3.63) is 52.9 Å². The first-order chi connectivity index (χ1) is 15.3. The van der Waals surface area contributed by atoms with Crippen molar-refractivity contribution in [1.82, 2.24) is 4.98 Å². The van der Waals surface area contributed by atoms with E-state index in [4.69, 9.17) is 4.74 Å². The summed E-state index contributed by atoms with van der Waals surface area (Å²) in [6.07, 6.45) is -0.695. The second-order valence-electron chi connectivity index (χ2n) is 7.43. The zero-order valence-corrected chi connectivity index (χ0v) is 18.7. The van der Waals surface area contributed by atoms with Crippen molar-refractivity contribution in [1.29, 1.82) is 0 Å². The maximum Gasteiger partial charge on any atom is 0.268 e. The van der Waals surface area contributed by atoms with E-state index in [1.165, 1.54) is 11.8 Å². The Labute approximate surface area is 189 Å². The number of aryl methyl sites for hydroxylation is 1. The molecule has 3 aromatic rings. The van der Waals surface area contributed by atoms with E-state index in [1.807, 2.05) is 24.4 Å². The average molecular weight is 451 g/mol. The quantitative estimate of drug-likeness (QED) is 0.615. The third-order valence-electron chi connectivity index (χ3n) is 4.87. The zero-order valence-electron chi connectivity index (χ0n) is 17.8. The molecule has 1 aliphatic heterocycles. The molecule has 1 aromatic heterocycles. The summed E-state index contributed by atoms with van der Waals surface area (Å²) in [5.74, 6) is -0.270. The first kappa shape index (κ1) is 21.5. The first-order valence-corrected chi connectivity index (χ1v) is 10.9. The van der Waals surface area contributed by atoms with Gasteiger partial charge in [0, 0.05) is 29.2 Å². The highest BCUT2D eigenvalue weighted by atomic mass is 32.1. The zero-order chi connectivity index (χ0) is 22.8. The van der Waals surface area contributed by atoms with Gasteiger partial charge in [-0.05, 0) is 56.3 Å². The fourth-order valence-electron chi connectivity index (χ4n) is 3.41. The molecule has 0 spiro atoms. The smallest absolute Gasteiger partial charge is 0.268 e. The molecule has 8 nitrogen and oxygen atoms in total. The number of aromatic nitrogens is 1. The van der Waals surface area contributed by atoms with Crippen LogP contribution in [0.1, 0.15) is 18.9 Å². The molecule has 0 saturated carbocycles. The Morgan fingerprint density at radius 3 is 2.44 bits per heavy atom. The van der Waals surface area contributed by atoms with E-state index in [9.17, 15) is 14.4 Å². The molecule has 4 rings (SSSR count). The van der Waals surface area contributed by atoms with Gasteiger partial charge in [0.15, 0.2) is 6.10 Å². The molecule has 1 atom stereocenters. The number of ether oxygens (including phenoxy) is 1. The van der Waals surface area contributed by atoms with Crippen molar-refractivity contribution in [2.24, 2.45) is 0 Å². The molecular formula is C23H22N4O4S.